The predicted octanol–water partition coefficient (Wildman–Crippen LogP) is 2.98. The zero-order valence-electron chi connectivity index (χ0n) is 8.90. The number of hydrogen-bond acceptors (Lipinski definition) is 1. The molecule has 0 heterocycles. The Balaban J connectivity index is 2.66. The highest BCUT2D eigenvalue weighted by Crippen LogP contribution is 2.12. The number of amides is 1. The van der Waals surface area contributed by atoms with Crippen LogP contribution in [0, 0.1) is 0 Å². The second-order valence-corrected chi connectivity index (χ2v) is 4.24. The lowest BCUT2D eigenvalue weighted by Gasteiger charge is -2.15. The Morgan fingerprint density at radius 2 is 2.27 bits per heavy atom. The number of nitrogens with zero attached hydrogens (tertiary/aromatic N) is 1. The molecule has 0 spiro atoms. The van der Waals surface area contributed by atoms with Gasteiger partial charge in [-0.3, -0.25) is 4.79 Å². The molecule has 0 aliphatic heterocycles. The summed E-state index contributed by atoms with van der Waals surface area (Å²) < 4.78 is 1.03. The van der Waals surface area contributed by atoms with Gasteiger partial charge in [0.1, 0.15) is 0 Å². The second kappa shape index (κ2) is 5.71. The molecule has 0 N–H and O–H groups in total. The van der Waals surface area contributed by atoms with Crippen LogP contribution in [0.2, 0.25) is 0 Å². The summed E-state index contributed by atoms with van der Waals surface area (Å²) >= 11 is 3.40. The van der Waals surface area contributed by atoms with Crippen molar-refractivity contribution < 1.29 is 4.79 Å². The van der Waals surface area contributed by atoms with Gasteiger partial charge in [0.05, 0.1) is 0 Å². The lowest BCUT2D eigenvalue weighted by molar-refractivity contribution is -0.125. The van der Waals surface area contributed by atoms with Gasteiger partial charge in [-0.15, -0.1) is 0 Å². The number of hydrogen-bond donors (Lipinski definition) is 0. The van der Waals surface area contributed by atoms with Crippen LogP contribution >= 0.6 is 15.9 Å². The van der Waals surface area contributed by atoms with Crippen LogP contribution in [0.3, 0.4) is 0 Å². The van der Waals surface area contributed by atoms with Gasteiger partial charge < -0.3 is 4.90 Å². The van der Waals surface area contributed by atoms with Gasteiger partial charge in [-0.05, 0) is 30.7 Å². The summed E-state index contributed by atoms with van der Waals surface area (Å²) in [7, 11) is 1.79. The van der Waals surface area contributed by atoms with Crippen molar-refractivity contribution in [3.8, 4) is 0 Å². The minimum atomic E-state index is 0.0254. The SMILES string of the molecule is CC=CC(=O)N(C)Cc1cccc(Br)c1. The first kappa shape index (κ1) is 12.0. The molecule has 0 radical (unpaired) electrons. The van der Waals surface area contributed by atoms with Crippen molar-refractivity contribution in [3.63, 3.8) is 0 Å². The fraction of sp³-hybridized carbons (Fsp3) is 0.250. The van der Waals surface area contributed by atoms with Crippen LogP contribution in [0.5, 0.6) is 0 Å². The van der Waals surface area contributed by atoms with Crippen molar-refractivity contribution in [2.75, 3.05) is 7.05 Å². The molecular formula is C12H14BrNO. The Labute approximate surface area is 98.7 Å². The fourth-order valence-corrected chi connectivity index (χ4v) is 1.70. The summed E-state index contributed by atoms with van der Waals surface area (Å²) in [5, 5.41) is 0. The summed E-state index contributed by atoms with van der Waals surface area (Å²) in [5.41, 5.74) is 1.12. The third-order valence-corrected chi connectivity index (χ3v) is 2.49. The molecule has 1 amide bonds. The number of allylic oxidation sites excluding steroid dienone is 1. The van der Waals surface area contributed by atoms with Crippen molar-refractivity contribution in [3.05, 3.63) is 46.5 Å². The summed E-state index contributed by atoms with van der Waals surface area (Å²) in [5.74, 6) is 0.0254. The molecule has 0 saturated heterocycles. The Hall–Kier alpha value is -1.09. The largest absolute Gasteiger partial charge is 0.338 e. The average Bonchev–Trinajstić information content (AvgIpc) is 2.18. The zero-order valence-corrected chi connectivity index (χ0v) is 10.5. The van der Waals surface area contributed by atoms with Gasteiger partial charge >= 0.3 is 0 Å². The zero-order chi connectivity index (χ0) is 11.3. The molecule has 1 rings (SSSR count). The van der Waals surface area contributed by atoms with Gasteiger partial charge in [-0.2, -0.15) is 0 Å². The number of carbonyl (C=O) groups excluding carboxylic acids is 1. The molecule has 0 unspecified atom stereocenters. The number of halogens is 1. The Bertz CT molecular complexity index is 374. The highest BCUT2D eigenvalue weighted by Gasteiger charge is 2.04. The van der Waals surface area contributed by atoms with Crippen molar-refractivity contribution in [1.29, 1.82) is 0 Å². The minimum absolute atomic E-state index is 0.0254. The predicted molar refractivity (Wildman–Crippen MR) is 65.4 cm³/mol. The van der Waals surface area contributed by atoms with E-state index < -0.39 is 0 Å². The normalized spacial score (nSPS) is 10.6. The van der Waals surface area contributed by atoms with Crippen LogP contribution in [-0.2, 0) is 11.3 Å². The van der Waals surface area contributed by atoms with Crippen LogP contribution in [-0.4, -0.2) is 17.9 Å². The van der Waals surface area contributed by atoms with Crippen LogP contribution in [0.4, 0.5) is 0 Å². The third-order valence-electron chi connectivity index (χ3n) is 1.99. The molecule has 0 aliphatic carbocycles. The van der Waals surface area contributed by atoms with Gasteiger partial charge in [-0.1, -0.05) is 34.1 Å². The highest BCUT2D eigenvalue weighted by molar-refractivity contribution is 9.10. The van der Waals surface area contributed by atoms with Gasteiger partial charge in [0.2, 0.25) is 5.91 Å². The van der Waals surface area contributed by atoms with Gasteiger partial charge in [0.15, 0.2) is 0 Å². The standard InChI is InChI=1S/C12H14BrNO/c1-3-5-12(15)14(2)9-10-6-4-7-11(13)8-10/h3-8H,9H2,1-2H3. The van der Waals surface area contributed by atoms with Crippen LogP contribution in [0.25, 0.3) is 0 Å². The van der Waals surface area contributed by atoms with Gasteiger partial charge in [0.25, 0.3) is 0 Å². The maximum atomic E-state index is 11.5. The van der Waals surface area contributed by atoms with Crippen molar-refractivity contribution in [2.24, 2.45) is 0 Å². The molecule has 15 heavy (non-hydrogen) atoms. The smallest absolute Gasteiger partial charge is 0.246 e. The van der Waals surface area contributed by atoms with E-state index in [1.807, 2.05) is 31.2 Å². The van der Waals surface area contributed by atoms with Crippen LogP contribution < -0.4 is 0 Å². The van der Waals surface area contributed by atoms with Gasteiger partial charge in [-0.25, -0.2) is 0 Å². The topological polar surface area (TPSA) is 20.3 Å². The first-order chi connectivity index (χ1) is 7.13. The fourth-order valence-electron chi connectivity index (χ4n) is 1.26. The summed E-state index contributed by atoms with van der Waals surface area (Å²) in [6.45, 7) is 2.47. The van der Waals surface area contributed by atoms with Crippen molar-refractivity contribution in [1.82, 2.24) is 4.90 Å². The average molecular weight is 268 g/mol. The number of benzene rings is 1. The van der Waals surface area contributed by atoms with E-state index in [2.05, 4.69) is 15.9 Å². The molecular weight excluding hydrogens is 254 g/mol. The number of likely N-dealkylation sites (N-methyl/N-ethyl adjacent to an activating group) is 1. The van der Waals surface area contributed by atoms with E-state index in [0.29, 0.717) is 6.54 Å². The van der Waals surface area contributed by atoms with E-state index in [1.54, 1.807) is 24.1 Å². The summed E-state index contributed by atoms with van der Waals surface area (Å²) in [6, 6.07) is 7.95. The monoisotopic (exact) mass is 267 g/mol. The van der Waals surface area contributed by atoms with Gasteiger partial charge in [0, 0.05) is 18.1 Å². The maximum absolute atomic E-state index is 11.5. The lowest BCUT2D eigenvalue weighted by atomic mass is 10.2. The molecule has 1 aromatic rings. The van der Waals surface area contributed by atoms with E-state index in [-0.39, 0.29) is 5.91 Å². The first-order valence-electron chi connectivity index (χ1n) is 4.75. The quantitative estimate of drug-likeness (QED) is 0.772. The van der Waals surface area contributed by atoms with E-state index in [1.165, 1.54) is 0 Å². The van der Waals surface area contributed by atoms with Crippen LogP contribution in [0.15, 0.2) is 40.9 Å². The van der Waals surface area contributed by atoms with E-state index in [9.17, 15) is 4.79 Å². The number of rotatable bonds is 3. The molecule has 0 fully saturated rings. The Kier molecular flexibility index (Phi) is 4.56. The number of carbonyl (C=O) groups is 1. The highest BCUT2D eigenvalue weighted by atomic mass is 79.9. The van der Waals surface area contributed by atoms with E-state index >= 15 is 0 Å². The molecule has 3 heteroatoms. The van der Waals surface area contributed by atoms with Crippen molar-refractivity contribution in [2.45, 2.75) is 13.5 Å². The van der Waals surface area contributed by atoms with E-state index in [4.69, 9.17) is 0 Å². The summed E-state index contributed by atoms with van der Waals surface area (Å²) in [4.78, 5) is 13.1. The summed E-state index contributed by atoms with van der Waals surface area (Å²) in [6.07, 6.45) is 3.32. The molecule has 0 aliphatic rings. The third kappa shape index (κ3) is 3.88. The molecule has 0 saturated carbocycles. The molecule has 0 bridgehead atoms. The molecule has 0 atom stereocenters. The maximum Gasteiger partial charge on any atom is 0.246 e. The lowest BCUT2D eigenvalue weighted by Crippen LogP contribution is -2.24. The minimum Gasteiger partial charge on any atom is -0.338 e. The molecule has 2 nitrogen and oxygen atoms in total. The van der Waals surface area contributed by atoms with E-state index in [0.717, 1.165) is 10.0 Å². The first-order valence-corrected chi connectivity index (χ1v) is 5.55. The Morgan fingerprint density at radius 1 is 1.53 bits per heavy atom. The molecule has 80 valence electrons. The Morgan fingerprint density at radius 3 is 2.87 bits per heavy atom. The molecule has 0 aromatic heterocycles. The van der Waals surface area contributed by atoms with Crippen molar-refractivity contribution >= 4 is 21.8 Å². The second-order valence-electron chi connectivity index (χ2n) is 3.32. The molecule has 1 aromatic carbocycles. The van der Waals surface area contributed by atoms with Crippen LogP contribution in [0.1, 0.15) is 12.5 Å².